The van der Waals surface area contributed by atoms with Crippen LogP contribution in [0.25, 0.3) is 0 Å². The lowest BCUT2D eigenvalue weighted by Crippen LogP contribution is -2.28. The molecule has 120 valence electrons. The number of carbonyl (C=O) groups is 1. The van der Waals surface area contributed by atoms with E-state index in [0.717, 1.165) is 56.9 Å². The van der Waals surface area contributed by atoms with Gasteiger partial charge in [-0.05, 0) is 43.4 Å². The third-order valence-electron chi connectivity index (χ3n) is 5.21. The minimum absolute atomic E-state index is 0.0511. The van der Waals surface area contributed by atoms with E-state index in [9.17, 15) is 9.90 Å². The lowest BCUT2D eigenvalue weighted by atomic mass is 9.80. The minimum Gasteiger partial charge on any atom is -0.426 e. The van der Waals surface area contributed by atoms with Crippen LogP contribution in [-0.4, -0.2) is 11.1 Å². The summed E-state index contributed by atoms with van der Waals surface area (Å²) in [6.45, 7) is 0. The molecule has 0 amide bonds. The Morgan fingerprint density at radius 3 is 2.45 bits per heavy atom. The van der Waals surface area contributed by atoms with Gasteiger partial charge in [-0.25, -0.2) is 0 Å². The van der Waals surface area contributed by atoms with Crippen molar-refractivity contribution in [1.29, 1.82) is 0 Å². The quantitative estimate of drug-likeness (QED) is 0.668. The van der Waals surface area contributed by atoms with Gasteiger partial charge in [0.15, 0.2) is 0 Å². The number of aliphatic hydroxyl groups is 1. The molecule has 3 heteroatoms. The molecule has 1 aromatic carbocycles. The Morgan fingerprint density at radius 2 is 1.73 bits per heavy atom. The fourth-order valence-electron chi connectivity index (χ4n) is 3.81. The standard InChI is InChI=1S/C19H26O3/c20-18(15-8-3-1-4-9-15)22-17-11-7-10-16(14-17)19(21)12-5-2-6-13-19/h7,10-11,14-15,21H,1-6,8-9,12-13H2. The molecule has 0 radical (unpaired) electrons. The Morgan fingerprint density at radius 1 is 1.05 bits per heavy atom. The molecule has 0 aromatic heterocycles. The van der Waals surface area contributed by atoms with Gasteiger partial charge >= 0.3 is 5.97 Å². The topological polar surface area (TPSA) is 46.5 Å². The van der Waals surface area contributed by atoms with Gasteiger partial charge in [0, 0.05) is 0 Å². The summed E-state index contributed by atoms with van der Waals surface area (Å²) in [7, 11) is 0. The van der Waals surface area contributed by atoms with Gasteiger partial charge in [0.25, 0.3) is 0 Å². The second-order valence-electron chi connectivity index (χ2n) is 6.88. The predicted molar refractivity (Wildman–Crippen MR) is 85.6 cm³/mol. The first-order valence-electron chi connectivity index (χ1n) is 8.72. The lowest BCUT2D eigenvalue weighted by Gasteiger charge is -2.32. The summed E-state index contributed by atoms with van der Waals surface area (Å²) in [6, 6.07) is 7.50. The van der Waals surface area contributed by atoms with Gasteiger partial charge in [-0.3, -0.25) is 4.79 Å². The maximum atomic E-state index is 12.3. The zero-order valence-corrected chi connectivity index (χ0v) is 13.2. The number of ether oxygens (including phenoxy) is 1. The second kappa shape index (κ2) is 6.82. The number of rotatable bonds is 3. The minimum atomic E-state index is -0.745. The Balaban J connectivity index is 1.69. The van der Waals surface area contributed by atoms with Crippen LogP contribution in [0, 0.1) is 5.92 Å². The van der Waals surface area contributed by atoms with E-state index in [1.54, 1.807) is 0 Å². The van der Waals surface area contributed by atoms with Gasteiger partial charge in [-0.1, -0.05) is 50.7 Å². The van der Waals surface area contributed by atoms with Crippen molar-refractivity contribution in [2.45, 2.75) is 69.8 Å². The highest BCUT2D eigenvalue weighted by Crippen LogP contribution is 2.38. The van der Waals surface area contributed by atoms with Crippen molar-refractivity contribution in [3.05, 3.63) is 29.8 Å². The van der Waals surface area contributed by atoms with Gasteiger partial charge in [0.1, 0.15) is 5.75 Å². The van der Waals surface area contributed by atoms with E-state index in [2.05, 4.69) is 0 Å². The number of hydrogen-bond donors (Lipinski definition) is 1. The van der Waals surface area contributed by atoms with Crippen molar-refractivity contribution in [2.75, 3.05) is 0 Å². The average molecular weight is 302 g/mol. The van der Waals surface area contributed by atoms with Gasteiger partial charge in [0.2, 0.25) is 0 Å². The van der Waals surface area contributed by atoms with Crippen LogP contribution in [-0.2, 0) is 10.4 Å². The molecule has 0 atom stereocenters. The number of benzene rings is 1. The molecular formula is C19H26O3. The summed E-state index contributed by atoms with van der Waals surface area (Å²) < 4.78 is 5.58. The fraction of sp³-hybridized carbons (Fsp3) is 0.632. The summed E-state index contributed by atoms with van der Waals surface area (Å²) in [5.74, 6) is 0.523. The Labute approximate surface area is 132 Å². The molecule has 22 heavy (non-hydrogen) atoms. The molecule has 0 unspecified atom stereocenters. The second-order valence-corrected chi connectivity index (χ2v) is 6.88. The first-order chi connectivity index (χ1) is 10.7. The van der Waals surface area contributed by atoms with E-state index >= 15 is 0 Å². The van der Waals surface area contributed by atoms with E-state index in [1.165, 1.54) is 12.8 Å². The van der Waals surface area contributed by atoms with Crippen LogP contribution < -0.4 is 4.74 Å². The largest absolute Gasteiger partial charge is 0.426 e. The van der Waals surface area contributed by atoms with Crippen molar-refractivity contribution in [1.82, 2.24) is 0 Å². The summed E-state index contributed by atoms with van der Waals surface area (Å²) in [5.41, 5.74) is 0.145. The van der Waals surface area contributed by atoms with E-state index in [4.69, 9.17) is 4.74 Å². The smallest absolute Gasteiger partial charge is 0.314 e. The van der Waals surface area contributed by atoms with Crippen LogP contribution in [0.5, 0.6) is 5.75 Å². The highest BCUT2D eigenvalue weighted by atomic mass is 16.5. The fourth-order valence-corrected chi connectivity index (χ4v) is 3.81. The van der Waals surface area contributed by atoms with Crippen LogP contribution in [0.2, 0.25) is 0 Å². The van der Waals surface area contributed by atoms with Gasteiger partial charge in [-0.15, -0.1) is 0 Å². The summed E-state index contributed by atoms with van der Waals surface area (Å²) in [4.78, 5) is 12.3. The molecule has 0 saturated heterocycles. The number of carbonyl (C=O) groups excluding carboxylic acids is 1. The van der Waals surface area contributed by atoms with E-state index < -0.39 is 5.60 Å². The molecule has 0 spiro atoms. The van der Waals surface area contributed by atoms with Gasteiger partial charge < -0.3 is 9.84 Å². The number of hydrogen-bond acceptors (Lipinski definition) is 3. The predicted octanol–water partition coefficient (Wildman–Crippen LogP) is 4.32. The highest BCUT2D eigenvalue weighted by molar-refractivity contribution is 5.75. The molecular weight excluding hydrogens is 276 g/mol. The van der Waals surface area contributed by atoms with Crippen LogP contribution >= 0.6 is 0 Å². The molecule has 0 heterocycles. The van der Waals surface area contributed by atoms with Crippen molar-refractivity contribution < 1.29 is 14.6 Å². The van der Waals surface area contributed by atoms with Gasteiger partial charge in [0.05, 0.1) is 11.5 Å². The van der Waals surface area contributed by atoms with E-state index in [1.807, 2.05) is 24.3 Å². The zero-order valence-electron chi connectivity index (χ0n) is 13.2. The van der Waals surface area contributed by atoms with Crippen LogP contribution in [0.15, 0.2) is 24.3 Å². The SMILES string of the molecule is O=C(Oc1cccc(C2(O)CCCCC2)c1)C1CCCCC1. The summed E-state index contributed by atoms with van der Waals surface area (Å²) in [5, 5.41) is 10.8. The van der Waals surface area contributed by atoms with Crippen molar-refractivity contribution >= 4 is 5.97 Å². The maximum absolute atomic E-state index is 12.3. The molecule has 3 nitrogen and oxygen atoms in total. The van der Waals surface area contributed by atoms with E-state index in [-0.39, 0.29) is 11.9 Å². The molecule has 1 N–H and O–H groups in total. The Kier molecular flexibility index (Phi) is 4.82. The first kappa shape index (κ1) is 15.5. The van der Waals surface area contributed by atoms with E-state index in [0.29, 0.717) is 5.75 Å². The lowest BCUT2D eigenvalue weighted by molar-refractivity contribution is -0.140. The highest BCUT2D eigenvalue weighted by Gasteiger charge is 2.31. The molecule has 2 saturated carbocycles. The first-order valence-corrected chi connectivity index (χ1v) is 8.72. The normalized spacial score (nSPS) is 22.2. The van der Waals surface area contributed by atoms with Crippen molar-refractivity contribution in [2.24, 2.45) is 5.92 Å². The van der Waals surface area contributed by atoms with Crippen LogP contribution in [0.3, 0.4) is 0 Å². The van der Waals surface area contributed by atoms with Crippen LogP contribution in [0.1, 0.15) is 69.8 Å². The molecule has 2 aliphatic carbocycles. The molecule has 1 aromatic rings. The molecule has 0 bridgehead atoms. The van der Waals surface area contributed by atoms with Crippen molar-refractivity contribution in [3.8, 4) is 5.75 Å². The van der Waals surface area contributed by atoms with Crippen molar-refractivity contribution in [3.63, 3.8) is 0 Å². The third-order valence-corrected chi connectivity index (χ3v) is 5.21. The Hall–Kier alpha value is -1.35. The zero-order chi connectivity index (χ0) is 15.4. The molecule has 3 rings (SSSR count). The molecule has 0 aliphatic heterocycles. The molecule has 2 fully saturated rings. The summed E-state index contributed by atoms with van der Waals surface area (Å²) >= 11 is 0. The maximum Gasteiger partial charge on any atom is 0.314 e. The average Bonchev–Trinajstić information content (AvgIpc) is 2.57. The Bertz CT molecular complexity index is 511. The molecule has 2 aliphatic rings. The third kappa shape index (κ3) is 3.52. The van der Waals surface area contributed by atoms with Gasteiger partial charge in [-0.2, -0.15) is 0 Å². The summed E-state index contributed by atoms with van der Waals surface area (Å²) in [6.07, 6.45) is 10.3. The number of esters is 1. The van der Waals surface area contributed by atoms with Crippen LogP contribution in [0.4, 0.5) is 0 Å². The monoisotopic (exact) mass is 302 g/mol.